The molecule has 1 saturated heterocycles. The van der Waals surface area contributed by atoms with Crippen LogP contribution in [0.4, 0.5) is 5.82 Å². The third kappa shape index (κ3) is 4.34. The molecule has 1 aliphatic rings. The number of benzene rings is 1. The minimum Gasteiger partial charge on any atom is -0.494 e. The third-order valence-corrected chi connectivity index (χ3v) is 4.93. The maximum absolute atomic E-state index is 12.6. The van der Waals surface area contributed by atoms with Crippen LogP contribution < -0.4 is 9.64 Å². The summed E-state index contributed by atoms with van der Waals surface area (Å²) < 4.78 is 5.48. The highest BCUT2D eigenvalue weighted by atomic mass is 16.5. The average molecular weight is 389 g/mol. The van der Waals surface area contributed by atoms with Gasteiger partial charge in [0.1, 0.15) is 5.75 Å². The number of carbonyl (C=O) groups excluding carboxylic acids is 1. The van der Waals surface area contributed by atoms with Crippen molar-refractivity contribution in [3.8, 4) is 17.0 Å². The van der Waals surface area contributed by atoms with Gasteiger partial charge in [-0.2, -0.15) is 0 Å². The summed E-state index contributed by atoms with van der Waals surface area (Å²) in [7, 11) is 0. The molecule has 0 radical (unpaired) electrons. The van der Waals surface area contributed by atoms with E-state index < -0.39 is 0 Å². The normalized spacial score (nSPS) is 14.0. The Morgan fingerprint density at radius 3 is 2.28 bits per heavy atom. The second-order valence-corrected chi connectivity index (χ2v) is 6.75. The van der Waals surface area contributed by atoms with Gasteiger partial charge in [-0.25, -0.2) is 0 Å². The lowest BCUT2D eigenvalue weighted by molar-refractivity contribution is 0.0746. The van der Waals surface area contributed by atoms with Gasteiger partial charge in [0.25, 0.3) is 5.91 Å². The molecule has 148 valence electrons. The van der Waals surface area contributed by atoms with Crippen LogP contribution in [0.15, 0.2) is 60.9 Å². The molecule has 1 amide bonds. The Hall–Kier alpha value is -3.48. The van der Waals surface area contributed by atoms with Gasteiger partial charge in [-0.1, -0.05) is 0 Å². The predicted molar refractivity (Wildman–Crippen MR) is 111 cm³/mol. The summed E-state index contributed by atoms with van der Waals surface area (Å²) in [5, 5.41) is 8.78. The lowest BCUT2D eigenvalue weighted by Crippen LogP contribution is -2.49. The van der Waals surface area contributed by atoms with Gasteiger partial charge in [-0.15, -0.1) is 10.2 Å². The van der Waals surface area contributed by atoms with E-state index in [2.05, 4.69) is 20.1 Å². The largest absolute Gasteiger partial charge is 0.494 e. The van der Waals surface area contributed by atoms with E-state index in [1.807, 2.05) is 48.2 Å². The Bertz CT molecular complexity index is 937. The number of ether oxygens (including phenoxy) is 1. The lowest BCUT2D eigenvalue weighted by Gasteiger charge is -2.35. The Morgan fingerprint density at radius 2 is 1.66 bits per heavy atom. The van der Waals surface area contributed by atoms with E-state index in [-0.39, 0.29) is 5.91 Å². The van der Waals surface area contributed by atoms with Gasteiger partial charge in [0.15, 0.2) is 5.82 Å². The molecule has 1 aromatic carbocycles. The number of amides is 1. The first-order chi connectivity index (χ1) is 14.2. The van der Waals surface area contributed by atoms with E-state index in [0.717, 1.165) is 35.9 Å². The molecule has 2 aromatic heterocycles. The van der Waals surface area contributed by atoms with Crippen LogP contribution in [0.5, 0.6) is 5.75 Å². The monoisotopic (exact) mass is 389 g/mol. The quantitative estimate of drug-likeness (QED) is 0.668. The van der Waals surface area contributed by atoms with Gasteiger partial charge >= 0.3 is 0 Å². The fourth-order valence-electron chi connectivity index (χ4n) is 3.35. The molecule has 7 nitrogen and oxygen atoms in total. The molecule has 1 fully saturated rings. The minimum absolute atomic E-state index is 0.0454. The molecule has 0 aliphatic carbocycles. The molecule has 4 rings (SSSR count). The van der Waals surface area contributed by atoms with E-state index in [4.69, 9.17) is 4.74 Å². The van der Waals surface area contributed by atoms with Crippen molar-refractivity contribution in [2.24, 2.45) is 0 Å². The van der Waals surface area contributed by atoms with Gasteiger partial charge in [-0.05, 0) is 55.5 Å². The van der Waals surface area contributed by atoms with Gasteiger partial charge < -0.3 is 14.5 Å². The Kier molecular flexibility index (Phi) is 5.65. The van der Waals surface area contributed by atoms with Gasteiger partial charge in [0.05, 0.1) is 12.3 Å². The molecular formula is C22H23N5O2. The zero-order chi connectivity index (χ0) is 20.1. The molecule has 29 heavy (non-hydrogen) atoms. The van der Waals surface area contributed by atoms with Crippen LogP contribution in [0.3, 0.4) is 0 Å². The first kappa shape index (κ1) is 18.9. The van der Waals surface area contributed by atoms with E-state index in [1.54, 1.807) is 24.5 Å². The number of aromatic nitrogens is 3. The van der Waals surface area contributed by atoms with Crippen LogP contribution in [-0.2, 0) is 0 Å². The molecule has 1 aliphatic heterocycles. The summed E-state index contributed by atoms with van der Waals surface area (Å²) in [6.45, 7) is 5.39. The van der Waals surface area contributed by atoms with Crippen LogP contribution in [0.1, 0.15) is 17.3 Å². The fourth-order valence-corrected chi connectivity index (χ4v) is 3.35. The predicted octanol–water partition coefficient (Wildman–Crippen LogP) is 2.90. The summed E-state index contributed by atoms with van der Waals surface area (Å²) >= 11 is 0. The van der Waals surface area contributed by atoms with Crippen molar-refractivity contribution in [2.75, 3.05) is 37.7 Å². The molecule has 0 bridgehead atoms. The highest BCUT2D eigenvalue weighted by Crippen LogP contribution is 2.22. The second kappa shape index (κ2) is 8.68. The summed E-state index contributed by atoms with van der Waals surface area (Å²) in [6, 6.07) is 15.3. The number of nitrogens with zero attached hydrogens (tertiary/aromatic N) is 5. The number of anilines is 1. The molecule has 7 heteroatoms. The molecule has 0 atom stereocenters. The number of piperazine rings is 1. The Balaban J connectivity index is 1.37. The van der Waals surface area contributed by atoms with Crippen LogP contribution >= 0.6 is 0 Å². The lowest BCUT2D eigenvalue weighted by atomic mass is 10.1. The molecule has 3 aromatic rings. The van der Waals surface area contributed by atoms with Crippen LogP contribution in [-0.4, -0.2) is 58.8 Å². The second-order valence-electron chi connectivity index (χ2n) is 6.75. The van der Waals surface area contributed by atoms with Gasteiger partial charge in [0, 0.05) is 49.7 Å². The highest BCUT2D eigenvalue weighted by Gasteiger charge is 2.23. The highest BCUT2D eigenvalue weighted by molar-refractivity contribution is 5.94. The summed E-state index contributed by atoms with van der Waals surface area (Å²) in [6.07, 6.45) is 3.29. The van der Waals surface area contributed by atoms with E-state index in [9.17, 15) is 4.79 Å². The van der Waals surface area contributed by atoms with Crippen LogP contribution in [0, 0.1) is 0 Å². The SMILES string of the molecule is CCOc1ccc(-c2ccc(N3CCN(C(=O)c4ccncc4)CC3)nn2)cc1. The van der Waals surface area contributed by atoms with E-state index in [1.165, 1.54) is 0 Å². The van der Waals surface area contributed by atoms with Gasteiger partial charge in [0.2, 0.25) is 0 Å². The third-order valence-electron chi connectivity index (χ3n) is 4.93. The van der Waals surface area contributed by atoms with Crippen molar-refractivity contribution in [2.45, 2.75) is 6.92 Å². The average Bonchev–Trinajstić information content (AvgIpc) is 2.80. The summed E-state index contributed by atoms with van der Waals surface area (Å²) in [5.74, 6) is 1.72. The van der Waals surface area contributed by atoms with Crippen molar-refractivity contribution < 1.29 is 9.53 Å². The Morgan fingerprint density at radius 1 is 0.931 bits per heavy atom. The van der Waals surface area contributed by atoms with Crippen molar-refractivity contribution in [1.82, 2.24) is 20.1 Å². The molecule has 0 unspecified atom stereocenters. The maximum Gasteiger partial charge on any atom is 0.254 e. The molecule has 0 saturated carbocycles. The number of pyridine rings is 1. The van der Waals surface area contributed by atoms with Crippen molar-refractivity contribution in [3.05, 3.63) is 66.5 Å². The van der Waals surface area contributed by atoms with E-state index in [0.29, 0.717) is 25.3 Å². The fraction of sp³-hybridized carbons (Fsp3) is 0.273. The molecule has 3 heterocycles. The summed E-state index contributed by atoms with van der Waals surface area (Å²) in [5.41, 5.74) is 2.50. The standard InChI is InChI=1S/C22H23N5O2/c1-2-29-19-5-3-17(4-6-19)20-7-8-21(25-24-20)26-13-15-27(16-14-26)22(28)18-9-11-23-12-10-18/h3-12H,2,13-16H2,1H3. The summed E-state index contributed by atoms with van der Waals surface area (Å²) in [4.78, 5) is 20.5. The minimum atomic E-state index is 0.0454. The topological polar surface area (TPSA) is 71.5 Å². The smallest absolute Gasteiger partial charge is 0.254 e. The van der Waals surface area contributed by atoms with E-state index >= 15 is 0 Å². The molecular weight excluding hydrogens is 366 g/mol. The first-order valence-corrected chi connectivity index (χ1v) is 9.76. The van der Waals surface area contributed by atoms with Crippen molar-refractivity contribution in [3.63, 3.8) is 0 Å². The number of carbonyl (C=O) groups is 1. The van der Waals surface area contributed by atoms with Crippen LogP contribution in [0.25, 0.3) is 11.3 Å². The van der Waals surface area contributed by atoms with Crippen molar-refractivity contribution in [1.29, 1.82) is 0 Å². The zero-order valence-electron chi connectivity index (χ0n) is 16.4. The Labute approximate surface area is 170 Å². The van der Waals surface area contributed by atoms with Crippen LogP contribution in [0.2, 0.25) is 0 Å². The molecule has 0 spiro atoms. The number of rotatable bonds is 5. The van der Waals surface area contributed by atoms with Gasteiger partial charge in [-0.3, -0.25) is 9.78 Å². The van der Waals surface area contributed by atoms with Crippen molar-refractivity contribution >= 4 is 11.7 Å². The first-order valence-electron chi connectivity index (χ1n) is 9.76. The zero-order valence-corrected chi connectivity index (χ0v) is 16.4. The maximum atomic E-state index is 12.6. The molecule has 0 N–H and O–H groups in total. The number of hydrogen-bond acceptors (Lipinski definition) is 6. The number of hydrogen-bond donors (Lipinski definition) is 0.